The molecule has 0 saturated carbocycles. The van der Waals surface area contributed by atoms with Crippen LogP contribution in [0.2, 0.25) is 5.02 Å². The standard InChI is InChI=1S/C26H19ClF3N3O2/c1-14-9-23(35-13-19-20(28)7-8-21(29)24(19)30)26-32-15(2)25(33(26)12-14)22(34)10-17(11-31)16-3-5-18(27)6-4-16/h3-9,12,17H,10,13H2,1-2H3. The van der Waals surface area contributed by atoms with E-state index in [1.807, 2.05) is 0 Å². The number of halogens is 4. The fraction of sp³-hybridized carbons (Fsp3) is 0.192. The summed E-state index contributed by atoms with van der Waals surface area (Å²) in [6.07, 6.45) is 1.60. The number of carbonyl (C=O) groups is 1. The van der Waals surface area contributed by atoms with Crippen LogP contribution in [-0.4, -0.2) is 15.2 Å². The Hall–Kier alpha value is -3.83. The van der Waals surface area contributed by atoms with E-state index in [0.29, 0.717) is 27.9 Å². The summed E-state index contributed by atoms with van der Waals surface area (Å²) in [5.74, 6) is -4.28. The molecular weight excluding hydrogens is 479 g/mol. The number of nitriles is 1. The Morgan fingerprint density at radius 3 is 2.51 bits per heavy atom. The summed E-state index contributed by atoms with van der Waals surface area (Å²) >= 11 is 5.92. The van der Waals surface area contributed by atoms with E-state index >= 15 is 0 Å². The number of hydrogen-bond acceptors (Lipinski definition) is 4. The van der Waals surface area contributed by atoms with Gasteiger partial charge in [-0.1, -0.05) is 23.7 Å². The van der Waals surface area contributed by atoms with Gasteiger partial charge in [0.05, 0.1) is 23.2 Å². The highest BCUT2D eigenvalue weighted by atomic mass is 35.5. The van der Waals surface area contributed by atoms with Crippen LogP contribution in [0.5, 0.6) is 5.75 Å². The largest absolute Gasteiger partial charge is 0.485 e. The zero-order valence-electron chi connectivity index (χ0n) is 18.8. The molecule has 0 aliphatic carbocycles. The van der Waals surface area contributed by atoms with E-state index in [9.17, 15) is 23.2 Å². The van der Waals surface area contributed by atoms with Crippen molar-refractivity contribution in [3.8, 4) is 11.8 Å². The Morgan fingerprint density at radius 2 is 1.83 bits per heavy atom. The zero-order valence-corrected chi connectivity index (χ0v) is 19.5. The predicted molar refractivity (Wildman–Crippen MR) is 124 cm³/mol. The molecule has 2 heterocycles. The van der Waals surface area contributed by atoms with Gasteiger partial charge in [-0.25, -0.2) is 18.2 Å². The van der Waals surface area contributed by atoms with Gasteiger partial charge in [0, 0.05) is 17.6 Å². The van der Waals surface area contributed by atoms with Crippen LogP contribution in [-0.2, 0) is 6.61 Å². The van der Waals surface area contributed by atoms with E-state index in [0.717, 1.165) is 6.07 Å². The topological polar surface area (TPSA) is 67.4 Å². The number of benzene rings is 2. The molecule has 0 amide bonds. The minimum atomic E-state index is -1.33. The first-order valence-electron chi connectivity index (χ1n) is 10.6. The highest BCUT2D eigenvalue weighted by molar-refractivity contribution is 6.30. The van der Waals surface area contributed by atoms with Gasteiger partial charge in [0.1, 0.15) is 18.1 Å². The average molecular weight is 498 g/mol. The third kappa shape index (κ3) is 4.86. The van der Waals surface area contributed by atoms with Crippen molar-refractivity contribution in [1.29, 1.82) is 5.26 Å². The van der Waals surface area contributed by atoms with Gasteiger partial charge in [-0.05, 0) is 55.3 Å². The third-order valence-electron chi connectivity index (χ3n) is 5.59. The van der Waals surface area contributed by atoms with Gasteiger partial charge in [-0.15, -0.1) is 0 Å². The maximum atomic E-state index is 14.1. The van der Waals surface area contributed by atoms with Gasteiger partial charge >= 0.3 is 0 Å². The molecule has 35 heavy (non-hydrogen) atoms. The highest BCUT2D eigenvalue weighted by Crippen LogP contribution is 2.29. The van der Waals surface area contributed by atoms with E-state index in [-0.39, 0.29) is 29.3 Å². The number of rotatable bonds is 7. The monoisotopic (exact) mass is 497 g/mol. The molecule has 5 nitrogen and oxygen atoms in total. The smallest absolute Gasteiger partial charge is 0.183 e. The molecule has 0 aliphatic rings. The van der Waals surface area contributed by atoms with Crippen molar-refractivity contribution in [2.45, 2.75) is 32.8 Å². The number of aromatic nitrogens is 2. The molecule has 0 fully saturated rings. The third-order valence-corrected chi connectivity index (χ3v) is 5.84. The van der Waals surface area contributed by atoms with Crippen molar-refractivity contribution < 1.29 is 22.7 Å². The Labute approximate surface area is 204 Å². The normalized spacial score (nSPS) is 11.9. The molecule has 0 spiro atoms. The number of ether oxygens (including phenoxy) is 1. The number of Topliss-reactive ketones (excluding diaryl/α,β-unsaturated/α-hetero) is 1. The van der Waals surface area contributed by atoms with Crippen molar-refractivity contribution >= 4 is 23.0 Å². The molecule has 0 aliphatic heterocycles. The van der Waals surface area contributed by atoms with Crippen LogP contribution >= 0.6 is 11.6 Å². The number of ketones is 1. The van der Waals surface area contributed by atoms with Crippen molar-refractivity contribution in [1.82, 2.24) is 9.38 Å². The van der Waals surface area contributed by atoms with Crippen molar-refractivity contribution in [2.24, 2.45) is 0 Å². The number of nitrogens with zero attached hydrogens (tertiary/aromatic N) is 3. The number of carbonyl (C=O) groups excluding carboxylic acids is 1. The van der Waals surface area contributed by atoms with Crippen molar-refractivity contribution in [3.05, 3.63) is 99.2 Å². The Bertz CT molecular complexity index is 1480. The lowest BCUT2D eigenvalue weighted by Gasteiger charge is -2.12. The van der Waals surface area contributed by atoms with Gasteiger partial charge in [-0.2, -0.15) is 5.26 Å². The summed E-state index contributed by atoms with van der Waals surface area (Å²) in [6, 6.07) is 12.0. The predicted octanol–water partition coefficient (Wildman–Crippen LogP) is 6.48. The Kier molecular flexibility index (Phi) is 6.81. The second kappa shape index (κ2) is 9.80. The number of hydrogen-bond donors (Lipinski definition) is 0. The number of imidazole rings is 1. The average Bonchev–Trinajstić information content (AvgIpc) is 3.16. The Balaban J connectivity index is 1.66. The van der Waals surface area contributed by atoms with E-state index in [1.165, 1.54) is 4.40 Å². The molecule has 4 aromatic rings. The van der Waals surface area contributed by atoms with Gasteiger partial charge in [0.25, 0.3) is 0 Å². The summed E-state index contributed by atoms with van der Waals surface area (Å²) in [4.78, 5) is 17.7. The van der Waals surface area contributed by atoms with Crippen LogP contribution in [0.15, 0.2) is 48.7 Å². The zero-order chi connectivity index (χ0) is 25.3. The quantitative estimate of drug-likeness (QED) is 0.216. The van der Waals surface area contributed by atoms with E-state index < -0.39 is 35.5 Å². The summed E-state index contributed by atoms with van der Waals surface area (Å²) in [6.45, 7) is 2.83. The first-order valence-corrected chi connectivity index (χ1v) is 11.0. The maximum absolute atomic E-state index is 14.1. The van der Waals surface area contributed by atoms with Gasteiger partial charge in [-0.3, -0.25) is 9.20 Å². The molecule has 2 aromatic carbocycles. The number of fused-ring (bicyclic) bond motifs is 1. The SMILES string of the molecule is Cc1cc(OCc2c(F)ccc(F)c2F)c2nc(C)c(C(=O)CC(C#N)c3ccc(Cl)cc3)n2c1. The van der Waals surface area contributed by atoms with Crippen LogP contribution in [0.1, 0.15) is 45.2 Å². The van der Waals surface area contributed by atoms with Gasteiger partial charge in [0.15, 0.2) is 28.8 Å². The molecule has 0 bridgehead atoms. The van der Waals surface area contributed by atoms with E-state index in [4.69, 9.17) is 16.3 Å². The molecule has 1 unspecified atom stereocenters. The fourth-order valence-corrected chi connectivity index (χ4v) is 3.99. The number of aryl methyl sites for hydroxylation is 2. The molecule has 2 aromatic heterocycles. The maximum Gasteiger partial charge on any atom is 0.183 e. The van der Waals surface area contributed by atoms with E-state index in [1.54, 1.807) is 50.4 Å². The lowest BCUT2D eigenvalue weighted by atomic mass is 9.94. The molecule has 1 atom stereocenters. The summed E-state index contributed by atoms with van der Waals surface area (Å²) in [5.41, 5.74) is 1.73. The first kappa shape index (κ1) is 24.3. The minimum Gasteiger partial charge on any atom is -0.485 e. The lowest BCUT2D eigenvalue weighted by molar-refractivity contribution is 0.0972. The van der Waals surface area contributed by atoms with Crippen LogP contribution in [0.3, 0.4) is 0 Å². The Morgan fingerprint density at radius 1 is 1.14 bits per heavy atom. The second-order valence-electron chi connectivity index (χ2n) is 8.09. The van der Waals surface area contributed by atoms with E-state index in [2.05, 4.69) is 11.1 Å². The first-order chi connectivity index (χ1) is 16.7. The molecule has 178 valence electrons. The van der Waals surface area contributed by atoms with Crippen molar-refractivity contribution in [3.63, 3.8) is 0 Å². The molecular formula is C26H19ClF3N3O2. The number of pyridine rings is 1. The minimum absolute atomic E-state index is 0.0867. The summed E-state index contributed by atoms with van der Waals surface area (Å²) < 4.78 is 48.8. The van der Waals surface area contributed by atoms with Crippen LogP contribution in [0.25, 0.3) is 5.65 Å². The molecule has 9 heteroatoms. The molecule has 0 radical (unpaired) electrons. The summed E-state index contributed by atoms with van der Waals surface area (Å²) in [7, 11) is 0. The van der Waals surface area contributed by atoms with Crippen LogP contribution < -0.4 is 4.74 Å². The van der Waals surface area contributed by atoms with Crippen LogP contribution in [0, 0.1) is 42.6 Å². The molecule has 0 N–H and O–H groups in total. The summed E-state index contributed by atoms with van der Waals surface area (Å²) in [5, 5.41) is 10.2. The second-order valence-corrected chi connectivity index (χ2v) is 8.53. The molecule has 0 saturated heterocycles. The van der Waals surface area contributed by atoms with Crippen molar-refractivity contribution in [2.75, 3.05) is 0 Å². The lowest BCUT2D eigenvalue weighted by Crippen LogP contribution is -2.11. The fourth-order valence-electron chi connectivity index (χ4n) is 3.87. The highest BCUT2D eigenvalue weighted by Gasteiger charge is 2.24. The van der Waals surface area contributed by atoms with Crippen LogP contribution in [0.4, 0.5) is 13.2 Å². The van der Waals surface area contributed by atoms with Gasteiger partial charge in [0.2, 0.25) is 0 Å². The van der Waals surface area contributed by atoms with Gasteiger partial charge < -0.3 is 4.74 Å². The molecule has 4 rings (SSSR count).